The van der Waals surface area contributed by atoms with E-state index in [-0.39, 0.29) is 23.7 Å². The number of H-pyrrole nitrogens is 2. The number of imidazole rings is 2. The smallest absolute Gasteiger partial charge is 0.407 e. The van der Waals surface area contributed by atoms with E-state index < -0.39 is 75.5 Å². The van der Waals surface area contributed by atoms with Gasteiger partial charge in [-0.15, -0.1) is 0 Å². The molecule has 5 N–H and O–H groups in total. The Bertz CT molecular complexity index is 2450. The highest BCUT2D eigenvalue weighted by molar-refractivity contribution is 6.77. The van der Waals surface area contributed by atoms with Crippen molar-refractivity contribution in [3.8, 4) is 22.4 Å². The van der Waals surface area contributed by atoms with E-state index in [9.17, 15) is 33.1 Å². The fourth-order valence-electron chi connectivity index (χ4n) is 8.57. The number of hydrogen-bond donors (Lipinski definition) is 5. The predicted octanol–water partition coefficient (Wildman–Crippen LogP) is 6.79. The summed E-state index contributed by atoms with van der Waals surface area (Å²) in [5, 5.41) is 16.2. The SMILES string of the molecule is COC(=O)NC(C(=O)N1CC[Si](C)(C)CC1c1ncc(-c2ccc(-c3ccc4c(ccc5nc([C@@H]6CC(F)(F)CN6C(=O)C(NC(=O)CO)C(C)C)[nH]c54)c3)cc2)[nH]1)C(C)C. The van der Waals surface area contributed by atoms with E-state index in [1.165, 1.54) is 7.11 Å². The molecule has 0 aliphatic carbocycles. The molecule has 0 radical (unpaired) electrons. The molecule has 3 aromatic carbocycles. The topological polar surface area (TPSA) is 186 Å². The third-order valence-corrected chi connectivity index (χ3v) is 15.1. The summed E-state index contributed by atoms with van der Waals surface area (Å²) in [5.41, 5.74) is 4.90. The van der Waals surface area contributed by atoms with Crippen molar-refractivity contribution in [2.24, 2.45) is 11.8 Å². The largest absolute Gasteiger partial charge is 0.453 e. The minimum absolute atomic E-state index is 0.142. The third-order valence-electron chi connectivity index (χ3n) is 12.0. The number of fused-ring (bicyclic) bond motifs is 3. The van der Waals surface area contributed by atoms with Crippen LogP contribution >= 0.6 is 0 Å². The number of likely N-dealkylation sites (tertiary alicyclic amines) is 1. The molecule has 14 nitrogen and oxygen atoms in total. The number of nitrogens with zero attached hydrogens (tertiary/aromatic N) is 4. The second kappa shape index (κ2) is 17.0. The number of amides is 4. The van der Waals surface area contributed by atoms with Gasteiger partial charge < -0.3 is 40.2 Å². The second-order valence-corrected chi connectivity index (χ2v) is 23.0. The Morgan fingerprint density at radius 2 is 1.54 bits per heavy atom. The molecular weight excluding hydrogens is 803 g/mol. The van der Waals surface area contributed by atoms with Gasteiger partial charge in [-0.1, -0.05) is 83.3 Å². The van der Waals surface area contributed by atoms with Crippen molar-refractivity contribution >= 4 is 53.7 Å². The number of carbonyl (C=O) groups is 4. The molecule has 324 valence electrons. The molecule has 4 atom stereocenters. The Morgan fingerprint density at radius 1 is 0.885 bits per heavy atom. The number of halogens is 2. The Hall–Kier alpha value is -5.68. The van der Waals surface area contributed by atoms with Crippen LogP contribution in [0.3, 0.4) is 0 Å². The maximum atomic E-state index is 15.0. The van der Waals surface area contributed by atoms with Gasteiger partial charge in [0.1, 0.15) is 30.3 Å². The molecule has 2 aromatic heterocycles. The van der Waals surface area contributed by atoms with Crippen LogP contribution in [0.5, 0.6) is 0 Å². The van der Waals surface area contributed by atoms with E-state index in [1.807, 2.05) is 67.3 Å². The molecular formula is C44H54F2N8O6Si. The molecule has 0 spiro atoms. The summed E-state index contributed by atoms with van der Waals surface area (Å²) >= 11 is 0. The third kappa shape index (κ3) is 9.03. The Morgan fingerprint density at radius 3 is 2.21 bits per heavy atom. The van der Waals surface area contributed by atoms with Crippen LogP contribution in [0.4, 0.5) is 13.6 Å². The van der Waals surface area contributed by atoms with E-state index in [1.54, 1.807) is 20.0 Å². The van der Waals surface area contributed by atoms with Crippen LogP contribution < -0.4 is 10.6 Å². The number of alkyl carbamates (subject to hydrolysis) is 1. The first-order valence-electron chi connectivity index (χ1n) is 20.7. The molecule has 2 aliphatic rings. The number of aromatic nitrogens is 4. The summed E-state index contributed by atoms with van der Waals surface area (Å²) in [6.07, 6.45) is 0.530. The van der Waals surface area contributed by atoms with Gasteiger partial charge in [0.2, 0.25) is 17.7 Å². The van der Waals surface area contributed by atoms with Crippen LogP contribution in [-0.4, -0.2) is 112 Å². The molecule has 61 heavy (non-hydrogen) atoms. The van der Waals surface area contributed by atoms with Gasteiger partial charge >= 0.3 is 6.09 Å². The van der Waals surface area contributed by atoms with Gasteiger partial charge in [-0.05, 0) is 58.1 Å². The molecule has 7 rings (SSSR count). The fourth-order valence-corrected chi connectivity index (χ4v) is 11.1. The zero-order valence-corrected chi connectivity index (χ0v) is 36.5. The van der Waals surface area contributed by atoms with E-state index in [2.05, 4.69) is 44.7 Å². The Balaban J connectivity index is 1.11. The molecule has 2 aliphatic heterocycles. The summed E-state index contributed by atoms with van der Waals surface area (Å²) in [5.74, 6) is -4.34. The van der Waals surface area contributed by atoms with Crippen LogP contribution in [0.15, 0.2) is 60.8 Å². The van der Waals surface area contributed by atoms with Gasteiger partial charge in [-0.2, -0.15) is 0 Å². The molecule has 5 aromatic rings. The summed E-state index contributed by atoms with van der Waals surface area (Å²) in [4.78, 5) is 70.8. The number of carbonyl (C=O) groups excluding carboxylic acids is 4. The molecule has 3 unspecified atom stereocenters. The normalized spacial score (nSPS) is 19.7. The minimum Gasteiger partial charge on any atom is -0.453 e. The minimum atomic E-state index is -3.16. The molecule has 4 heterocycles. The first-order chi connectivity index (χ1) is 28.9. The quantitative estimate of drug-likeness (QED) is 0.0900. The summed E-state index contributed by atoms with van der Waals surface area (Å²) < 4.78 is 34.7. The fraction of sp³-hybridized carbons (Fsp3) is 0.455. The highest BCUT2D eigenvalue weighted by Gasteiger charge is 2.50. The first-order valence-corrected chi connectivity index (χ1v) is 24.1. The van der Waals surface area contributed by atoms with Crippen LogP contribution in [-0.2, 0) is 19.1 Å². The van der Waals surface area contributed by atoms with Crippen molar-refractivity contribution in [2.75, 3.05) is 26.8 Å². The Kier molecular flexibility index (Phi) is 12.1. The van der Waals surface area contributed by atoms with Gasteiger partial charge in [-0.25, -0.2) is 23.5 Å². The summed E-state index contributed by atoms with van der Waals surface area (Å²) in [7, 11) is -0.353. The number of methoxy groups -OCH3 is 1. The highest BCUT2D eigenvalue weighted by atomic mass is 28.3. The van der Waals surface area contributed by atoms with E-state index in [0.29, 0.717) is 23.4 Å². The van der Waals surface area contributed by atoms with Crippen molar-refractivity contribution in [1.29, 1.82) is 0 Å². The van der Waals surface area contributed by atoms with Crippen molar-refractivity contribution < 1.29 is 37.8 Å². The van der Waals surface area contributed by atoms with E-state index in [4.69, 9.17) is 9.72 Å². The number of hydrogen-bond acceptors (Lipinski definition) is 8. The molecule has 2 saturated heterocycles. The lowest BCUT2D eigenvalue weighted by atomic mass is 9.99. The van der Waals surface area contributed by atoms with Gasteiger partial charge in [0, 0.05) is 18.4 Å². The van der Waals surface area contributed by atoms with E-state index >= 15 is 0 Å². The summed E-state index contributed by atoms with van der Waals surface area (Å²) in [6, 6.07) is 16.5. The lowest BCUT2D eigenvalue weighted by Crippen LogP contribution is -2.55. The second-order valence-electron chi connectivity index (χ2n) is 17.8. The zero-order valence-electron chi connectivity index (χ0n) is 35.5. The number of rotatable bonds is 11. The monoisotopic (exact) mass is 856 g/mol. The lowest BCUT2D eigenvalue weighted by molar-refractivity contribution is -0.140. The molecule has 4 amide bonds. The van der Waals surface area contributed by atoms with Gasteiger partial charge in [0.05, 0.1) is 56.7 Å². The number of ether oxygens (including phenoxy) is 1. The number of aliphatic hydroxyl groups is 1. The molecule has 0 bridgehead atoms. The maximum Gasteiger partial charge on any atom is 0.407 e. The van der Waals surface area contributed by atoms with Crippen molar-refractivity contribution in [3.05, 3.63) is 72.4 Å². The number of alkyl halides is 2. The number of benzene rings is 3. The van der Waals surface area contributed by atoms with Crippen LogP contribution in [0.1, 0.15) is 57.8 Å². The molecule has 17 heteroatoms. The molecule has 0 saturated carbocycles. The maximum absolute atomic E-state index is 15.0. The molecule has 2 fully saturated rings. The van der Waals surface area contributed by atoms with Gasteiger partial charge in [-0.3, -0.25) is 14.4 Å². The number of aliphatic hydroxyl groups excluding tert-OH is 1. The average Bonchev–Trinajstić information content (AvgIpc) is 3.98. The lowest BCUT2D eigenvalue weighted by Gasteiger charge is -2.43. The average molecular weight is 857 g/mol. The van der Waals surface area contributed by atoms with Crippen molar-refractivity contribution in [3.63, 3.8) is 0 Å². The van der Waals surface area contributed by atoms with Crippen LogP contribution in [0, 0.1) is 11.8 Å². The number of aromatic amines is 2. The first kappa shape index (κ1) is 43.4. The van der Waals surface area contributed by atoms with Gasteiger partial charge in [0.15, 0.2) is 0 Å². The van der Waals surface area contributed by atoms with E-state index in [0.717, 1.165) is 50.1 Å². The number of nitrogens with one attached hydrogen (secondary N) is 4. The summed E-state index contributed by atoms with van der Waals surface area (Å²) in [6.45, 7) is 10.8. The highest BCUT2D eigenvalue weighted by Crippen LogP contribution is 2.42. The van der Waals surface area contributed by atoms with Crippen LogP contribution in [0.2, 0.25) is 25.2 Å². The predicted molar refractivity (Wildman–Crippen MR) is 230 cm³/mol. The Labute approximate surface area is 353 Å². The van der Waals surface area contributed by atoms with Crippen LogP contribution in [0.25, 0.3) is 44.2 Å². The van der Waals surface area contributed by atoms with Crippen molar-refractivity contribution in [2.45, 2.75) is 89.4 Å². The zero-order chi connectivity index (χ0) is 44.0. The van der Waals surface area contributed by atoms with Crippen molar-refractivity contribution in [1.82, 2.24) is 40.4 Å². The standard InChI is InChI=1S/C44H54F2N8O6Si/c1-24(2)36(50-35(56)21-55)42(58)54-23-44(45,46)19-33(54)40-48-31-15-13-29-18-28(12-14-30(29)38(31)51-40)26-8-10-27(11-9-26)32-20-47-39(49-32)34-22-61(6,7)17-16-53(34)41(57)37(25(3)4)52-43(59)60-5/h8-15,18,20,24-25,33-34,36-37,55H,16-17,19,21-23H2,1-7H3,(H,47,49)(H,48,51)(H,50,56)(H,52,59)/t33-,34?,36?,37?/m0/s1. The van der Waals surface area contributed by atoms with Gasteiger partial charge in [0.25, 0.3) is 5.92 Å².